The topological polar surface area (TPSA) is 114 Å². The van der Waals surface area contributed by atoms with Crippen molar-refractivity contribution < 1.29 is 27.5 Å². The van der Waals surface area contributed by atoms with Gasteiger partial charge in [0, 0.05) is 36.8 Å². The van der Waals surface area contributed by atoms with Crippen LogP contribution in [0.25, 0.3) is 0 Å². The van der Waals surface area contributed by atoms with E-state index >= 15 is 0 Å². The molecule has 10 heteroatoms. The van der Waals surface area contributed by atoms with Gasteiger partial charge in [0.1, 0.15) is 11.5 Å². The number of sulfonamides is 1. The molecule has 182 valence electrons. The van der Waals surface area contributed by atoms with Crippen LogP contribution in [-0.2, 0) is 19.6 Å². The highest BCUT2D eigenvalue weighted by Crippen LogP contribution is 2.36. The maximum absolute atomic E-state index is 13.4. The number of benzene rings is 2. The Hall–Kier alpha value is -3.11. The molecular weight excluding hydrogens is 458 g/mol. The average Bonchev–Trinajstić information content (AvgIpc) is 2.83. The summed E-state index contributed by atoms with van der Waals surface area (Å²) < 4.78 is 39.2. The molecule has 2 aliphatic rings. The van der Waals surface area contributed by atoms with E-state index in [2.05, 4.69) is 10.6 Å². The third kappa shape index (κ3) is 4.74. The molecule has 2 aromatic carbocycles. The molecule has 9 nitrogen and oxygen atoms in total. The Bertz CT molecular complexity index is 1210. The van der Waals surface area contributed by atoms with Crippen molar-refractivity contribution >= 4 is 33.2 Å². The first-order valence-electron chi connectivity index (χ1n) is 11.3. The van der Waals surface area contributed by atoms with Crippen LogP contribution in [0.5, 0.6) is 11.5 Å². The number of nitrogens with zero attached hydrogens (tertiary/aromatic N) is 1. The highest BCUT2D eigenvalue weighted by Gasteiger charge is 2.35. The van der Waals surface area contributed by atoms with Crippen molar-refractivity contribution in [3.8, 4) is 11.5 Å². The number of ether oxygens (including phenoxy) is 2. The molecule has 2 amide bonds. The second kappa shape index (κ2) is 9.63. The largest absolute Gasteiger partial charge is 0.497 e. The first kappa shape index (κ1) is 24.0. The third-order valence-corrected chi connectivity index (χ3v) is 8.29. The number of carbonyl (C=O) groups excluding carboxylic acids is 2. The zero-order chi connectivity index (χ0) is 24.5. The number of anilines is 2. The average molecular weight is 488 g/mol. The summed E-state index contributed by atoms with van der Waals surface area (Å²) in [5.41, 5.74) is 1.64. The Morgan fingerprint density at radius 2 is 1.97 bits per heavy atom. The van der Waals surface area contributed by atoms with E-state index in [0.717, 1.165) is 0 Å². The van der Waals surface area contributed by atoms with Crippen LogP contribution in [0.4, 0.5) is 11.4 Å². The minimum Gasteiger partial charge on any atom is -0.497 e. The maximum atomic E-state index is 13.4. The highest BCUT2D eigenvalue weighted by molar-refractivity contribution is 7.89. The van der Waals surface area contributed by atoms with Crippen molar-refractivity contribution in [3.63, 3.8) is 0 Å². The van der Waals surface area contributed by atoms with Gasteiger partial charge in [0.25, 0.3) is 5.91 Å². The number of piperidine rings is 1. The molecular formula is C24H29N3O6S. The molecule has 0 bridgehead atoms. The van der Waals surface area contributed by atoms with Gasteiger partial charge < -0.3 is 20.1 Å². The lowest BCUT2D eigenvalue weighted by molar-refractivity contribution is -0.123. The minimum atomic E-state index is -3.79. The molecule has 1 fully saturated rings. The highest BCUT2D eigenvalue weighted by atomic mass is 32.2. The van der Waals surface area contributed by atoms with Crippen molar-refractivity contribution in [2.75, 3.05) is 30.8 Å². The van der Waals surface area contributed by atoms with Gasteiger partial charge in [-0.3, -0.25) is 9.59 Å². The van der Waals surface area contributed by atoms with Gasteiger partial charge in [-0.25, -0.2) is 8.42 Å². The summed E-state index contributed by atoms with van der Waals surface area (Å²) in [6.45, 7) is 4.00. The van der Waals surface area contributed by atoms with Gasteiger partial charge in [0.15, 0.2) is 6.10 Å². The number of carbonyl (C=O) groups is 2. The fraction of sp³-hybridized carbons (Fsp3) is 0.417. The van der Waals surface area contributed by atoms with E-state index in [9.17, 15) is 18.0 Å². The number of aryl methyl sites for hydroxylation is 1. The van der Waals surface area contributed by atoms with E-state index in [4.69, 9.17) is 9.47 Å². The predicted octanol–water partition coefficient (Wildman–Crippen LogP) is 3.15. The van der Waals surface area contributed by atoms with Gasteiger partial charge in [-0.15, -0.1) is 0 Å². The van der Waals surface area contributed by atoms with Gasteiger partial charge in [0.05, 0.1) is 17.7 Å². The van der Waals surface area contributed by atoms with Crippen LogP contribution in [0.15, 0.2) is 41.3 Å². The summed E-state index contributed by atoms with van der Waals surface area (Å²) in [4.78, 5) is 24.9. The van der Waals surface area contributed by atoms with E-state index in [1.807, 2.05) is 6.92 Å². The molecule has 2 aliphatic heterocycles. The molecule has 0 aliphatic carbocycles. The molecule has 1 saturated heterocycles. The van der Waals surface area contributed by atoms with Crippen molar-refractivity contribution in [1.29, 1.82) is 0 Å². The van der Waals surface area contributed by atoms with Gasteiger partial charge in [0.2, 0.25) is 15.9 Å². The Morgan fingerprint density at radius 3 is 2.65 bits per heavy atom. The molecule has 2 N–H and O–H groups in total. The SMILES string of the molecule is CC[C@H]1Oc2cc(S(=O)(=O)N3CCC(C(=O)Nc4cccc(OC)c4)CC3)c(C)cc2NC1=O. The minimum absolute atomic E-state index is 0.134. The van der Waals surface area contributed by atoms with E-state index in [1.165, 1.54) is 10.4 Å². The number of hydrogen-bond donors (Lipinski definition) is 2. The summed E-state index contributed by atoms with van der Waals surface area (Å²) in [7, 11) is -2.23. The summed E-state index contributed by atoms with van der Waals surface area (Å²) in [5, 5.41) is 5.67. The summed E-state index contributed by atoms with van der Waals surface area (Å²) in [6.07, 6.45) is 0.670. The Kier molecular flexibility index (Phi) is 6.81. The van der Waals surface area contributed by atoms with E-state index < -0.39 is 16.1 Å². The second-order valence-electron chi connectivity index (χ2n) is 8.52. The predicted molar refractivity (Wildman–Crippen MR) is 128 cm³/mol. The smallest absolute Gasteiger partial charge is 0.265 e. The first-order chi connectivity index (χ1) is 16.2. The van der Waals surface area contributed by atoms with Crippen molar-refractivity contribution in [2.24, 2.45) is 5.92 Å². The van der Waals surface area contributed by atoms with Crippen molar-refractivity contribution in [2.45, 2.75) is 44.1 Å². The fourth-order valence-corrected chi connectivity index (χ4v) is 5.97. The molecule has 0 saturated carbocycles. The Labute approximate surface area is 199 Å². The Balaban J connectivity index is 1.45. The van der Waals surface area contributed by atoms with Crippen molar-refractivity contribution in [3.05, 3.63) is 42.0 Å². The van der Waals surface area contributed by atoms with Crippen LogP contribution < -0.4 is 20.1 Å². The standard InChI is InChI=1S/C24H29N3O6S/c1-4-20-24(29)26-19-12-15(2)22(14-21(19)33-20)34(30,31)27-10-8-16(9-11-27)23(28)25-17-6-5-7-18(13-17)32-3/h5-7,12-14,16,20H,4,8-11H2,1-3H3,(H,25,28)(H,26,29)/t20-/m1/s1. The zero-order valence-electron chi connectivity index (χ0n) is 19.5. The van der Waals surface area contributed by atoms with Crippen LogP contribution in [0, 0.1) is 12.8 Å². The molecule has 0 spiro atoms. The van der Waals surface area contributed by atoms with Crippen LogP contribution in [0.3, 0.4) is 0 Å². The van der Waals surface area contributed by atoms with Gasteiger partial charge in [-0.05, 0) is 49.9 Å². The van der Waals surface area contributed by atoms with Crippen LogP contribution in [0.1, 0.15) is 31.7 Å². The molecule has 0 aromatic heterocycles. The number of amides is 2. The molecule has 0 unspecified atom stereocenters. The molecule has 2 heterocycles. The van der Waals surface area contributed by atoms with Crippen LogP contribution >= 0.6 is 0 Å². The Morgan fingerprint density at radius 1 is 1.24 bits per heavy atom. The van der Waals surface area contributed by atoms with Gasteiger partial charge in [-0.1, -0.05) is 13.0 Å². The number of hydrogen-bond acceptors (Lipinski definition) is 6. The molecule has 34 heavy (non-hydrogen) atoms. The van der Waals surface area contributed by atoms with E-state index in [-0.39, 0.29) is 35.7 Å². The second-order valence-corrected chi connectivity index (χ2v) is 10.4. The summed E-state index contributed by atoms with van der Waals surface area (Å²) in [6, 6.07) is 10.2. The third-order valence-electron chi connectivity index (χ3n) is 6.25. The molecule has 4 rings (SSSR count). The quantitative estimate of drug-likeness (QED) is 0.647. The zero-order valence-corrected chi connectivity index (χ0v) is 20.3. The van der Waals surface area contributed by atoms with E-state index in [0.29, 0.717) is 47.7 Å². The number of nitrogens with one attached hydrogen (secondary N) is 2. The normalized spacial score (nSPS) is 19.0. The number of fused-ring (bicyclic) bond motifs is 1. The molecule has 2 aromatic rings. The fourth-order valence-electron chi connectivity index (χ4n) is 4.27. The summed E-state index contributed by atoms with van der Waals surface area (Å²) in [5.74, 6) is 0.339. The van der Waals surface area contributed by atoms with Crippen LogP contribution in [-0.4, -0.2) is 50.8 Å². The van der Waals surface area contributed by atoms with Gasteiger partial charge >= 0.3 is 0 Å². The molecule has 1 atom stereocenters. The lowest BCUT2D eigenvalue weighted by Gasteiger charge is -2.32. The van der Waals surface area contributed by atoms with Crippen LogP contribution in [0.2, 0.25) is 0 Å². The lowest BCUT2D eigenvalue weighted by Crippen LogP contribution is -2.41. The first-order valence-corrected chi connectivity index (χ1v) is 12.7. The number of rotatable bonds is 6. The van der Waals surface area contributed by atoms with Crippen molar-refractivity contribution in [1.82, 2.24) is 4.31 Å². The summed E-state index contributed by atoms with van der Waals surface area (Å²) >= 11 is 0. The number of methoxy groups -OCH3 is 1. The van der Waals surface area contributed by atoms with E-state index in [1.54, 1.807) is 44.4 Å². The van der Waals surface area contributed by atoms with Gasteiger partial charge in [-0.2, -0.15) is 4.31 Å². The monoisotopic (exact) mass is 487 g/mol. The lowest BCUT2D eigenvalue weighted by atomic mass is 9.97. The molecule has 0 radical (unpaired) electrons. The maximum Gasteiger partial charge on any atom is 0.265 e.